The van der Waals surface area contributed by atoms with Gasteiger partial charge in [0.05, 0.1) is 12.2 Å². The van der Waals surface area contributed by atoms with Gasteiger partial charge < -0.3 is 5.32 Å². The molecule has 0 unspecified atom stereocenters. The van der Waals surface area contributed by atoms with Gasteiger partial charge in [0.1, 0.15) is 5.82 Å². The van der Waals surface area contributed by atoms with Crippen LogP contribution in [0.2, 0.25) is 0 Å². The molecule has 138 valence electrons. The Labute approximate surface area is 156 Å². The molecular formula is C21H20FN3O2. The van der Waals surface area contributed by atoms with Gasteiger partial charge >= 0.3 is 0 Å². The second kappa shape index (κ2) is 7.95. The lowest BCUT2D eigenvalue weighted by Gasteiger charge is -2.09. The molecule has 0 saturated carbocycles. The minimum Gasteiger partial charge on any atom is -0.350 e. The second-order valence-corrected chi connectivity index (χ2v) is 6.42. The van der Waals surface area contributed by atoms with Crippen molar-refractivity contribution >= 4 is 5.91 Å². The van der Waals surface area contributed by atoms with E-state index in [-0.39, 0.29) is 30.4 Å². The van der Waals surface area contributed by atoms with E-state index in [1.54, 1.807) is 18.2 Å². The molecule has 27 heavy (non-hydrogen) atoms. The average molecular weight is 365 g/mol. The van der Waals surface area contributed by atoms with Crippen LogP contribution in [0.15, 0.2) is 59.4 Å². The zero-order valence-electron chi connectivity index (χ0n) is 15.2. The second-order valence-electron chi connectivity index (χ2n) is 6.42. The van der Waals surface area contributed by atoms with Crippen LogP contribution >= 0.6 is 0 Å². The first-order valence-electron chi connectivity index (χ1n) is 8.63. The topological polar surface area (TPSA) is 64.0 Å². The van der Waals surface area contributed by atoms with E-state index < -0.39 is 0 Å². The quantitative estimate of drug-likeness (QED) is 0.756. The van der Waals surface area contributed by atoms with Crippen LogP contribution in [0.1, 0.15) is 21.5 Å². The Morgan fingerprint density at radius 3 is 2.37 bits per heavy atom. The van der Waals surface area contributed by atoms with Gasteiger partial charge in [0, 0.05) is 23.7 Å². The minimum atomic E-state index is -0.332. The molecule has 6 heteroatoms. The summed E-state index contributed by atoms with van der Waals surface area (Å²) < 4.78 is 14.4. The normalized spacial score (nSPS) is 10.6. The van der Waals surface area contributed by atoms with Gasteiger partial charge in [0.2, 0.25) is 0 Å². The van der Waals surface area contributed by atoms with Crippen molar-refractivity contribution in [3.05, 3.63) is 87.5 Å². The fraction of sp³-hybridized carbons (Fsp3) is 0.190. The third-order valence-corrected chi connectivity index (χ3v) is 4.10. The highest BCUT2D eigenvalue weighted by atomic mass is 19.1. The predicted molar refractivity (Wildman–Crippen MR) is 102 cm³/mol. The van der Waals surface area contributed by atoms with Crippen LogP contribution in [0, 0.1) is 19.7 Å². The SMILES string of the molecule is Cc1cc(C)cc(C(=O)NCCn2nc(-c3ccc(F)cc3)ccc2=O)c1. The lowest BCUT2D eigenvalue weighted by molar-refractivity contribution is 0.0951. The first-order valence-corrected chi connectivity index (χ1v) is 8.63. The molecule has 0 saturated heterocycles. The lowest BCUT2D eigenvalue weighted by atomic mass is 10.1. The van der Waals surface area contributed by atoms with Crippen LogP contribution in [-0.2, 0) is 6.54 Å². The van der Waals surface area contributed by atoms with Gasteiger partial charge in [-0.05, 0) is 56.3 Å². The summed E-state index contributed by atoms with van der Waals surface area (Å²) in [6.45, 7) is 4.39. The number of rotatable bonds is 5. The third kappa shape index (κ3) is 4.67. The summed E-state index contributed by atoms with van der Waals surface area (Å²) >= 11 is 0. The first kappa shape index (κ1) is 18.5. The standard InChI is InChI=1S/C21H20FN3O2/c1-14-11-15(2)13-17(12-14)21(27)23-9-10-25-20(26)8-7-19(24-25)16-3-5-18(22)6-4-16/h3-8,11-13H,9-10H2,1-2H3,(H,23,27). The van der Waals surface area contributed by atoms with Gasteiger partial charge in [0.25, 0.3) is 11.5 Å². The number of amides is 1. The number of carbonyl (C=O) groups is 1. The lowest BCUT2D eigenvalue weighted by Crippen LogP contribution is -2.32. The number of aromatic nitrogens is 2. The number of nitrogens with one attached hydrogen (secondary N) is 1. The van der Waals surface area contributed by atoms with E-state index in [9.17, 15) is 14.0 Å². The van der Waals surface area contributed by atoms with Crippen molar-refractivity contribution in [2.24, 2.45) is 0 Å². The summed E-state index contributed by atoms with van der Waals surface area (Å²) in [4.78, 5) is 24.3. The molecule has 1 aromatic heterocycles. The fourth-order valence-corrected chi connectivity index (χ4v) is 2.87. The molecule has 0 aliphatic rings. The molecular weight excluding hydrogens is 345 g/mol. The molecule has 0 fully saturated rings. The number of halogens is 1. The van der Waals surface area contributed by atoms with Crippen LogP contribution in [0.5, 0.6) is 0 Å². The Bertz CT molecular complexity index is 1010. The van der Waals surface area contributed by atoms with Gasteiger partial charge in [-0.3, -0.25) is 9.59 Å². The monoisotopic (exact) mass is 365 g/mol. The highest BCUT2D eigenvalue weighted by molar-refractivity contribution is 5.94. The minimum absolute atomic E-state index is 0.190. The molecule has 2 aromatic carbocycles. The maximum absolute atomic E-state index is 13.1. The molecule has 0 aliphatic carbocycles. The zero-order valence-corrected chi connectivity index (χ0v) is 15.2. The Morgan fingerprint density at radius 1 is 1.04 bits per heavy atom. The van der Waals surface area contributed by atoms with E-state index >= 15 is 0 Å². The maximum Gasteiger partial charge on any atom is 0.266 e. The number of hydrogen-bond donors (Lipinski definition) is 1. The Morgan fingerprint density at radius 2 is 1.70 bits per heavy atom. The highest BCUT2D eigenvalue weighted by Gasteiger charge is 2.08. The largest absolute Gasteiger partial charge is 0.350 e. The molecule has 0 bridgehead atoms. The van der Waals surface area contributed by atoms with Crippen molar-refractivity contribution in [3.63, 3.8) is 0 Å². The molecule has 0 atom stereocenters. The van der Waals surface area contributed by atoms with Crippen molar-refractivity contribution in [1.82, 2.24) is 15.1 Å². The van der Waals surface area contributed by atoms with Crippen molar-refractivity contribution in [2.75, 3.05) is 6.54 Å². The Kier molecular flexibility index (Phi) is 5.45. The molecule has 0 aliphatic heterocycles. The summed E-state index contributed by atoms with van der Waals surface area (Å²) in [6, 6.07) is 14.6. The van der Waals surface area contributed by atoms with Crippen LogP contribution < -0.4 is 10.9 Å². The summed E-state index contributed by atoms with van der Waals surface area (Å²) in [7, 11) is 0. The van der Waals surface area contributed by atoms with Gasteiger partial charge in [-0.1, -0.05) is 17.2 Å². The van der Waals surface area contributed by atoms with Gasteiger partial charge in [0.15, 0.2) is 0 Å². The zero-order chi connectivity index (χ0) is 19.4. The maximum atomic E-state index is 13.1. The van der Waals surface area contributed by atoms with Crippen molar-refractivity contribution in [1.29, 1.82) is 0 Å². The van der Waals surface area contributed by atoms with E-state index in [1.165, 1.54) is 22.9 Å². The van der Waals surface area contributed by atoms with E-state index in [2.05, 4.69) is 10.4 Å². The molecule has 1 N–H and O–H groups in total. The molecule has 5 nitrogen and oxygen atoms in total. The van der Waals surface area contributed by atoms with Crippen LogP contribution in [-0.4, -0.2) is 22.2 Å². The van der Waals surface area contributed by atoms with Crippen LogP contribution in [0.3, 0.4) is 0 Å². The molecule has 3 aromatic rings. The molecule has 1 heterocycles. The predicted octanol–water partition coefficient (Wildman–Crippen LogP) is 3.10. The Balaban J connectivity index is 1.69. The van der Waals surface area contributed by atoms with E-state index in [4.69, 9.17) is 0 Å². The third-order valence-electron chi connectivity index (χ3n) is 4.10. The number of carbonyl (C=O) groups excluding carboxylic acids is 1. The van der Waals surface area contributed by atoms with Gasteiger partial charge in [-0.15, -0.1) is 0 Å². The average Bonchev–Trinajstić information content (AvgIpc) is 2.63. The Hall–Kier alpha value is -3.28. The molecule has 1 amide bonds. The fourth-order valence-electron chi connectivity index (χ4n) is 2.87. The molecule has 0 spiro atoms. The van der Waals surface area contributed by atoms with E-state index in [1.807, 2.05) is 32.0 Å². The number of benzene rings is 2. The van der Waals surface area contributed by atoms with E-state index in [0.717, 1.165) is 11.1 Å². The smallest absolute Gasteiger partial charge is 0.266 e. The summed E-state index contributed by atoms with van der Waals surface area (Å²) in [5.41, 5.74) is 3.64. The van der Waals surface area contributed by atoms with Crippen LogP contribution in [0.4, 0.5) is 4.39 Å². The highest BCUT2D eigenvalue weighted by Crippen LogP contribution is 2.15. The van der Waals surface area contributed by atoms with Crippen molar-refractivity contribution in [2.45, 2.75) is 20.4 Å². The van der Waals surface area contributed by atoms with Crippen LogP contribution in [0.25, 0.3) is 11.3 Å². The van der Waals surface area contributed by atoms with Gasteiger partial charge in [-0.2, -0.15) is 5.10 Å². The molecule has 0 radical (unpaired) electrons. The summed E-state index contributed by atoms with van der Waals surface area (Å²) in [6.07, 6.45) is 0. The molecule has 3 rings (SSSR count). The van der Waals surface area contributed by atoms with Crippen molar-refractivity contribution in [3.8, 4) is 11.3 Å². The number of aryl methyl sites for hydroxylation is 2. The first-order chi connectivity index (χ1) is 12.9. The number of hydrogen-bond acceptors (Lipinski definition) is 3. The number of nitrogens with zero attached hydrogens (tertiary/aromatic N) is 2. The summed E-state index contributed by atoms with van der Waals surface area (Å²) in [5.74, 6) is -0.522. The summed E-state index contributed by atoms with van der Waals surface area (Å²) in [5, 5.41) is 7.11. The van der Waals surface area contributed by atoms with E-state index in [0.29, 0.717) is 16.8 Å². The van der Waals surface area contributed by atoms with Gasteiger partial charge in [-0.25, -0.2) is 9.07 Å². The van der Waals surface area contributed by atoms with Crippen molar-refractivity contribution < 1.29 is 9.18 Å².